The van der Waals surface area contributed by atoms with Crippen LogP contribution in [0.4, 0.5) is 5.82 Å². The first kappa shape index (κ1) is 13.7. The summed E-state index contributed by atoms with van der Waals surface area (Å²) in [5.74, 6) is 2.33. The van der Waals surface area contributed by atoms with Gasteiger partial charge in [-0.1, -0.05) is 0 Å². The zero-order valence-electron chi connectivity index (χ0n) is 12.5. The number of nitrogens with zero attached hydrogens (tertiary/aromatic N) is 4. The van der Waals surface area contributed by atoms with Crippen molar-refractivity contribution in [3.8, 4) is 11.6 Å². The fraction of sp³-hybridized carbons (Fsp3) is 0.400. The molecule has 1 fully saturated rings. The van der Waals surface area contributed by atoms with Gasteiger partial charge in [0.1, 0.15) is 10.6 Å². The molecule has 0 unspecified atom stereocenters. The van der Waals surface area contributed by atoms with Crippen LogP contribution in [0.2, 0.25) is 0 Å². The first-order valence-electron chi connectivity index (χ1n) is 7.27. The average Bonchev–Trinajstić information content (AvgIpc) is 3.10. The van der Waals surface area contributed by atoms with Crippen LogP contribution in [0.15, 0.2) is 23.8 Å². The molecule has 0 aliphatic heterocycles. The van der Waals surface area contributed by atoms with Gasteiger partial charge in [-0.3, -0.25) is 0 Å². The monoisotopic (exact) mass is 315 g/mol. The van der Waals surface area contributed by atoms with E-state index < -0.39 is 0 Å². The number of rotatable bonds is 4. The van der Waals surface area contributed by atoms with Gasteiger partial charge in [0.25, 0.3) is 0 Å². The highest BCUT2D eigenvalue weighted by Crippen LogP contribution is 2.31. The number of aromatic nitrogens is 4. The van der Waals surface area contributed by atoms with Crippen molar-refractivity contribution in [2.45, 2.75) is 25.0 Å². The lowest BCUT2D eigenvalue weighted by Crippen LogP contribution is -2.40. The molecule has 1 aliphatic carbocycles. The molecule has 1 saturated carbocycles. The Balaban J connectivity index is 1.70. The lowest BCUT2D eigenvalue weighted by molar-refractivity contribution is 0.0328. The Hall–Kier alpha value is -1.99. The highest BCUT2D eigenvalue weighted by Gasteiger charge is 2.29. The average molecular weight is 315 g/mol. The Morgan fingerprint density at radius 1 is 1.36 bits per heavy atom. The predicted molar refractivity (Wildman–Crippen MR) is 87.1 cm³/mol. The van der Waals surface area contributed by atoms with Gasteiger partial charge in [-0.2, -0.15) is 0 Å². The molecule has 1 N–H and O–H groups in total. The van der Waals surface area contributed by atoms with Crippen molar-refractivity contribution in [3.05, 3.63) is 23.8 Å². The molecule has 0 radical (unpaired) electrons. The third-order valence-electron chi connectivity index (χ3n) is 4.12. The lowest BCUT2D eigenvalue weighted by atomic mass is 9.89. The second kappa shape index (κ2) is 5.33. The van der Waals surface area contributed by atoms with Crippen LogP contribution in [0, 0.1) is 0 Å². The first-order chi connectivity index (χ1) is 10.7. The molecule has 3 aromatic rings. The summed E-state index contributed by atoms with van der Waals surface area (Å²) in [4.78, 5) is 14.7. The van der Waals surface area contributed by atoms with E-state index in [4.69, 9.17) is 9.72 Å². The zero-order chi connectivity index (χ0) is 15.1. The van der Waals surface area contributed by atoms with Crippen LogP contribution in [0.5, 0.6) is 0 Å². The number of thiophene rings is 1. The standard InChI is InChI=1S/C15H17N5OS/c1-20-5-4-16-14(20)13-18-12(11-3-6-22-15(11)19-13)17-9-7-10(8-9)21-2/h3-6,9-10H,7-8H2,1-2H3,(H,17,18,19). The van der Waals surface area contributed by atoms with E-state index in [2.05, 4.69) is 21.4 Å². The first-order valence-corrected chi connectivity index (χ1v) is 8.15. The molecule has 0 spiro atoms. The van der Waals surface area contributed by atoms with E-state index in [0.29, 0.717) is 18.0 Å². The molecule has 0 aromatic carbocycles. The van der Waals surface area contributed by atoms with Gasteiger partial charge in [0.15, 0.2) is 11.6 Å². The van der Waals surface area contributed by atoms with Gasteiger partial charge in [-0.05, 0) is 24.3 Å². The third kappa shape index (κ3) is 2.26. The molecular formula is C15H17N5OS. The van der Waals surface area contributed by atoms with Crippen molar-refractivity contribution < 1.29 is 4.74 Å². The normalized spacial score (nSPS) is 21.0. The van der Waals surface area contributed by atoms with E-state index in [1.165, 1.54) is 0 Å². The van der Waals surface area contributed by atoms with Crippen molar-refractivity contribution >= 4 is 27.4 Å². The van der Waals surface area contributed by atoms with Crippen LogP contribution in [0.1, 0.15) is 12.8 Å². The fourth-order valence-electron chi connectivity index (χ4n) is 2.72. The van der Waals surface area contributed by atoms with Crippen LogP contribution in [-0.2, 0) is 11.8 Å². The molecule has 3 heterocycles. The number of nitrogens with one attached hydrogen (secondary N) is 1. The molecule has 0 atom stereocenters. The highest BCUT2D eigenvalue weighted by molar-refractivity contribution is 7.16. The van der Waals surface area contributed by atoms with Gasteiger partial charge >= 0.3 is 0 Å². The third-order valence-corrected chi connectivity index (χ3v) is 4.92. The molecule has 22 heavy (non-hydrogen) atoms. The number of ether oxygens (including phenoxy) is 1. The number of hydrogen-bond acceptors (Lipinski definition) is 6. The smallest absolute Gasteiger partial charge is 0.199 e. The van der Waals surface area contributed by atoms with Gasteiger partial charge in [-0.15, -0.1) is 11.3 Å². The Labute approximate surface area is 132 Å². The maximum absolute atomic E-state index is 5.34. The topological polar surface area (TPSA) is 64.9 Å². The number of aryl methyl sites for hydroxylation is 1. The quantitative estimate of drug-likeness (QED) is 0.802. The van der Waals surface area contributed by atoms with E-state index in [1.807, 2.05) is 23.2 Å². The summed E-state index contributed by atoms with van der Waals surface area (Å²) < 4.78 is 7.27. The molecular weight excluding hydrogens is 298 g/mol. The lowest BCUT2D eigenvalue weighted by Gasteiger charge is -2.35. The van der Waals surface area contributed by atoms with E-state index in [-0.39, 0.29) is 0 Å². The Morgan fingerprint density at radius 2 is 2.23 bits per heavy atom. The maximum Gasteiger partial charge on any atom is 0.199 e. The number of fused-ring (bicyclic) bond motifs is 1. The summed E-state index contributed by atoms with van der Waals surface area (Å²) >= 11 is 1.62. The van der Waals surface area contributed by atoms with Crippen LogP contribution < -0.4 is 5.32 Å². The molecule has 1 aliphatic rings. The van der Waals surface area contributed by atoms with Crippen LogP contribution in [0.25, 0.3) is 21.9 Å². The van der Waals surface area contributed by atoms with Gasteiger partial charge in [0, 0.05) is 32.6 Å². The van der Waals surface area contributed by atoms with Crippen molar-refractivity contribution in [3.63, 3.8) is 0 Å². The number of methoxy groups -OCH3 is 1. The minimum atomic E-state index is 0.367. The molecule has 0 saturated heterocycles. The summed E-state index contributed by atoms with van der Waals surface area (Å²) in [5, 5.41) is 6.65. The molecule has 0 bridgehead atoms. The molecule has 6 nitrogen and oxygen atoms in total. The minimum absolute atomic E-state index is 0.367. The highest BCUT2D eigenvalue weighted by atomic mass is 32.1. The molecule has 4 rings (SSSR count). The van der Waals surface area contributed by atoms with Crippen LogP contribution in [-0.4, -0.2) is 38.8 Å². The number of hydrogen-bond donors (Lipinski definition) is 1. The molecule has 3 aromatic heterocycles. The summed E-state index contributed by atoms with van der Waals surface area (Å²) in [6.07, 6.45) is 6.07. The molecule has 114 valence electrons. The second-order valence-corrected chi connectivity index (χ2v) is 6.46. The van der Waals surface area contributed by atoms with Crippen molar-refractivity contribution in [1.82, 2.24) is 19.5 Å². The predicted octanol–water partition coefficient (Wildman–Crippen LogP) is 2.68. The SMILES string of the molecule is COC1CC(Nc2nc(-c3nccn3C)nc3sccc23)C1. The van der Waals surface area contributed by atoms with Gasteiger partial charge in [0.05, 0.1) is 11.5 Å². The molecule has 7 heteroatoms. The van der Waals surface area contributed by atoms with E-state index in [9.17, 15) is 0 Å². The van der Waals surface area contributed by atoms with Gasteiger partial charge in [-0.25, -0.2) is 15.0 Å². The largest absolute Gasteiger partial charge is 0.381 e. The van der Waals surface area contributed by atoms with Crippen LogP contribution in [0.3, 0.4) is 0 Å². The second-order valence-electron chi connectivity index (χ2n) is 5.57. The summed E-state index contributed by atoms with van der Waals surface area (Å²) in [6, 6.07) is 2.48. The Morgan fingerprint density at radius 3 is 2.95 bits per heavy atom. The van der Waals surface area contributed by atoms with Crippen molar-refractivity contribution in [2.75, 3.05) is 12.4 Å². The minimum Gasteiger partial charge on any atom is -0.381 e. The van der Waals surface area contributed by atoms with Crippen LogP contribution >= 0.6 is 11.3 Å². The zero-order valence-corrected chi connectivity index (χ0v) is 13.3. The van der Waals surface area contributed by atoms with E-state index in [0.717, 1.165) is 34.7 Å². The summed E-state index contributed by atoms with van der Waals surface area (Å²) in [6.45, 7) is 0. The Kier molecular flexibility index (Phi) is 3.31. The van der Waals surface area contributed by atoms with Gasteiger partial charge < -0.3 is 14.6 Å². The number of imidazole rings is 1. The fourth-order valence-corrected chi connectivity index (χ4v) is 3.48. The van der Waals surface area contributed by atoms with Crippen molar-refractivity contribution in [1.29, 1.82) is 0 Å². The van der Waals surface area contributed by atoms with Gasteiger partial charge in [0.2, 0.25) is 0 Å². The summed E-state index contributed by atoms with van der Waals surface area (Å²) in [7, 11) is 3.72. The van der Waals surface area contributed by atoms with E-state index >= 15 is 0 Å². The molecule has 0 amide bonds. The van der Waals surface area contributed by atoms with Crippen molar-refractivity contribution in [2.24, 2.45) is 7.05 Å². The van der Waals surface area contributed by atoms with E-state index in [1.54, 1.807) is 24.6 Å². The summed E-state index contributed by atoms with van der Waals surface area (Å²) in [5.41, 5.74) is 0. The Bertz CT molecular complexity index is 805. The maximum atomic E-state index is 5.34. The number of anilines is 1.